The normalized spacial score (nSPS) is 31.5. The van der Waals surface area contributed by atoms with Gasteiger partial charge >= 0.3 is 0 Å². The van der Waals surface area contributed by atoms with E-state index in [1.54, 1.807) is 18.3 Å². The van der Waals surface area contributed by atoms with Gasteiger partial charge in [-0.15, -0.1) is 0 Å². The van der Waals surface area contributed by atoms with Gasteiger partial charge in [-0.05, 0) is 32.9 Å². The highest BCUT2D eigenvalue weighted by atomic mass is 16.8. The van der Waals surface area contributed by atoms with Crippen molar-refractivity contribution in [2.75, 3.05) is 6.54 Å². The zero-order chi connectivity index (χ0) is 20.1. The highest BCUT2D eigenvalue weighted by Gasteiger charge is 2.51. The number of hydrogen-bond acceptors (Lipinski definition) is 8. The second kappa shape index (κ2) is 6.64. The fourth-order valence-corrected chi connectivity index (χ4v) is 3.89. The van der Waals surface area contributed by atoms with E-state index in [0.717, 1.165) is 0 Å². The van der Waals surface area contributed by atoms with Crippen molar-refractivity contribution in [1.29, 1.82) is 0 Å². The Morgan fingerprint density at radius 3 is 2.82 bits per heavy atom. The summed E-state index contributed by atoms with van der Waals surface area (Å²) in [6.07, 6.45) is 2.29. The van der Waals surface area contributed by atoms with Crippen LogP contribution in [0.5, 0.6) is 0 Å². The average Bonchev–Trinajstić information content (AvgIpc) is 2.93. The number of aromatic nitrogens is 1. The fourth-order valence-electron chi connectivity index (χ4n) is 3.89. The van der Waals surface area contributed by atoms with Crippen molar-refractivity contribution in [3.05, 3.63) is 30.1 Å². The summed E-state index contributed by atoms with van der Waals surface area (Å²) in [5.74, 6) is -1.45. The molecule has 0 bridgehead atoms. The number of nitrogens with zero attached hydrogens (tertiary/aromatic N) is 4. The van der Waals surface area contributed by atoms with Gasteiger partial charge in [0.2, 0.25) is 5.96 Å². The first-order chi connectivity index (χ1) is 13.3. The molecule has 1 aromatic rings. The molecule has 0 aliphatic carbocycles. The average molecular weight is 386 g/mol. The Morgan fingerprint density at radius 2 is 2.18 bits per heavy atom. The predicted molar refractivity (Wildman–Crippen MR) is 99.5 cm³/mol. The molecule has 148 valence electrons. The van der Waals surface area contributed by atoms with Crippen LogP contribution in [-0.2, 0) is 14.3 Å². The molecule has 10 nitrogen and oxygen atoms in total. The van der Waals surface area contributed by atoms with Crippen molar-refractivity contribution >= 4 is 23.6 Å². The van der Waals surface area contributed by atoms with Crippen LogP contribution < -0.4 is 11.1 Å². The molecule has 28 heavy (non-hydrogen) atoms. The van der Waals surface area contributed by atoms with E-state index in [9.17, 15) is 9.59 Å². The number of amides is 2. The largest absolute Gasteiger partial charge is 0.369 e. The zero-order valence-corrected chi connectivity index (χ0v) is 15.8. The van der Waals surface area contributed by atoms with Crippen LogP contribution in [0.3, 0.4) is 0 Å². The van der Waals surface area contributed by atoms with Crippen LogP contribution in [0.4, 0.5) is 0 Å². The van der Waals surface area contributed by atoms with E-state index in [0.29, 0.717) is 5.56 Å². The molecular weight excluding hydrogens is 364 g/mol. The number of pyridine rings is 1. The Morgan fingerprint density at radius 1 is 1.39 bits per heavy atom. The van der Waals surface area contributed by atoms with Gasteiger partial charge in [-0.2, -0.15) is 4.99 Å². The van der Waals surface area contributed by atoms with Gasteiger partial charge in [0.15, 0.2) is 17.7 Å². The molecule has 0 spiro atoms. The first-order valence-electron chi connectivity index (χ1n) is 9.04. The summed E-state index contributed by atoms with van der Waals surface area (Å²) in [5.41, 5.74) is 6.01. The number of carbonyl (C=O) groups excluding carboxylic acids is 2. The van der Waals surface area contributed by atoms with Crippen LogP contribution in [0.2, 0.25) is 0 Å². The van der Waals surface area contributed by atoms with Crippen molar-refractivity contribution in [3.8, 4) is 0 Å². The Kier molecular flexibility index (Phi) is 4.39. The van der Waals surface area contributed by atoms with Crippen LogP contribution in [0, 0.1) is 0 Å². The molecule has 4 atom stereocenters. The minimum atomic E-state index is -1.00. The smallest absolute Gasteiger partial charge is 0.257 e. The summed E-state index contributed by atoms with van der Waals surface area (Å²) in [5, 5.41) is 2.48. The summed E-state index contributed by atoms with van der Waals surface area (Å²) in [6, 6.07) is 1.80. The van der Waals surface area contributed by atoms with Gasteiger partial charge < -0.3 is 20.1 Å². The molecule has 3 aliphatic heterocycles. The number of carbonyl (C=O) groups is 2. The number of ether oxygens (including phenoxy) is 2. The van der Waals surface area contributed by atoms with Gasteiger partial charge in [-0.1, -0.05) is 0 Å². The molecule has 1 aromatic heterocycles. The van der Waals surface area contributed by atoms with Gasteiger partial charge in [0.25, 0.3) is 11.8 Å². The van der Waals surface area contributed by atoms with Gasteiger partial charge in [0.1, 0.15) is 6.10 Å². The Bertz CT molecular complexity index is 868. The van der Waals surface area contributed by atoms with Crippen LogP contribution in [0.1, 0.15) is 31.1 Å². The lowest BCUT2D eigenvalue weighted by molar-refractivity contribution is -0.150. The molecule has 0 saturated carbocycles. The van der Waals surface area contributed by atoms with Crippen molar-refractivity contribution in [1.82, 2.24) is 15.2 Å². The monoisotopic (exact) mass is 386 g/mol. The van der Waals surface area contributed by atoms with E-state index < -0.39 is 29.9 Å². The van der Waals surface area contributed by atoms with Crippen molar-refractivity contribution in [3.63, 3.8) is 0 Å². The number of guanidine groups is 1. The van der Waals surface area contributed by atoms with Gasteiger partial charge in [0.05, 0.1) is 24.3 Å². The molecule has 4 rings (SSSR count). The summed E-state index contributed by atoms with van der Waals surface area (Å²) in [6.45, 7) is 5.72. The summed E-state index contributed by atoms with van der Waals surface area (Å²) < 4.78 is 11.9. The number of aliphatic imine (C=N–C) groups is 2. The molecule has 1 fully saturated rings. The minimum absolute atomic E-state index is 0.0397. The molecule has 4 heterocycles. The maximum absolute atomic E-state index is 13.4. The Hall–Kier alpha value is -2.85. The van der Waals surface area contributed by atoms with Crippen LogP contribution in [-0.4, -0.2) is 70.1 Å². The second-order valence-electron chi connectivity index (χ2n) is 7.41. The topological polar surface area (TPSA) is 132 Å². The third-order valence-electron chi connectivity index (χ3n) is 4.93. The number of rotatable bonds is 2. The molecule has 0 aromatic carbocycles. The van der Waals surface area contributed by atoms with Gasteiger partial charge in [0, 0.05) is 12.4 Å². The molecular formula is C18H22N6O4. The third kappa shape index (κ3) is 3.14. The predicted octanol–water partition coefficient (Wildman–Crippen LogP) is -0.342. The van der Waals surface area contributed by atoms with Crippen molar-refractivity contribution in [2.45, 2.75) is 50.8 Å². The van der Waals surface area contributed by atoms with E-state index in [4.69, 9.17) is 15.2 Å². The molecule has 10 heteroatoms. The number of amidine groups is 1. The summed E-state index contributed by atoms with van der Waals surface area (Å²) >= 11 is 0. The van der Waals surface area contributed by atoms with E-state index in [1.165, 1.54) is 11.1 Å². The van der Waals surface area contributed by atoms with E-state index >= 15 is 0 Å². The van der Waals surface area contributed by atoms with Crippen LogP contribution in [0.15, 0.2) is 34.5 Å². The lowest BCUT2D eigenvalue weighted by Gasteiger charge is -2.43. The quantitative estimate of drug-likeness (QED) is 0.715. The molecule has 0 radical (unpaired) electrons. The molecule has 4 unspecified atom stereocenters. The number of fused-ring (bicyclic) bond motifs is 1. The molecule has 3 N–H and O–H groups in total. The standard InChI is InChI=1S/C18H22N6O4/c1-9-13(28-18(2,3)27-9)11-8-21-14-12(15(25)23-17(19)22-14)24(11)16(26)10-5-4-6-20-7-10/h4-7,9,11-13H,8H2,1-3H3,(H3,19,21,22,23,25). The second-order valence-corrected chi connectivity index (χ2v) is 7.41. The van der Waals surface area contributed by atoms with E-state index in [-0.39, 0.29) is 30.4 Å². The highest BCUT2D eigenvalue weighted by molar-refractivity contribution is 6.21. The Labute approximate surface area is 161 Å². The number of nitrogens with one attached hydrogen (secondary N) is 1. The minimum Gasteiger partial charge on any atom is -0.369 e. The number of nitrogens with two attached hydrogens (primary N) is 1. The highest BCUT2D eigenvalue weighted by Crippen LogP contribution is 2.34. The third-order valence-corrected chi connectivity index (χ3v) is 4.93. The molecule has 1 saturated heterocycles. The SMILES string of the molecule is CC1OC(C)(C)OC1C1CN=C2N=C(N)NC(=O)C2N1C(=O)c1cccnc1. The first-order valence-corrected chi connectivity index (χ1v) is 9.04. The van der Waals surface area contributed by atoms with Crippen molar-refractivity contribution in [2.24, 2.45) is 15.7 Å². The van der Waals surface area contributed by atoms with Crippen molar-refractivity contribution < 1.29 is 19.1 Å². The first kappa shape index (κ1) is 18.5. The zero-order valence-electron chi connectivity index (χ0n) is 15.8. The number of hydrogen-bond donors (Lipinski definition) is 2. The van der Waals surface area contributed by atoms with Gasteiger partial charge in [-0.25, -0.2) is 0 Å². The maximum atomic E-state index is 13.4. The lowest BCUT2D eigenvalue weighted by Crippen LogP contribution is -2.66. The summed E-state index contributed by atoms with van der Waals surface area (Å²) in [4.78, 5) is 40.1. The Balaban J connectivity index is 1.77. The molecule has 2 amide bonds. The molecule has 3 aliphatic rings. The fraction of sp³-hybridized carbons (Fsp3) is 0.500. The lowest BCUT2D eigenvalue weighted by atomic mass is 9.97. The van der Waals surface area contributed by atoms with Gasteiger partial charge in [-0.3, -0.25) is 24.9 Å². The van der Waals surface area contributed by atoms with E-state index in [2.05, 4.69) is 20.3 Å². The summed E-state index contributed by atoms with van der Waals surface area (Å²) in [7, 11) is 0. The maximum Gasteiger partial charge on any atom is 0.257 e. The van der Waals surface area contributed by atoms with E-state index in [1.807, 2.05) is 20.8 Å². The van der Waals surface area contributed by atoms with Crippen LogP contribution >= 0.6 is 0 Å². The van der Waals surface area contributed by atoms with Crippen LogP contribution in [0.25, 0.3) is 0 Å².